The van der Waals surface area contributed by atoms with Gasteiger partial charge >= 0.3 is 0 Å². The van der Waals surface area contributed by atoms with Crippen LogP contribution in [-0.2, 0) is 0 Å². The van der Waals surface area contributed by atoms with Crippen LogP contribution in [0.15, 0.2) is 0 Å². The summed E-state index contributed by atoms with van der Waals surface area (Å²) < 4.78 is 0. The first kappa shape index (κ1) is 14.1. The lowest BCUT2D eigenvalue weighted by Gasteiger charge is -2.37. The van der Waals surface area contributed by atoms with Gasteiger partial charge in [-0.1, -0.05) is 0 Å². The number of nitrogens with one attached hydrogen (secondary N) is 1. The molecule has 0 aromatic carbocycles. The molecule has 5 nitrogen and oxygen atoms in total. The number of rotatable bonds is 3. The van der Waals surface area contributed by atoms with E-state index >= 15 is 0 Å². The lowest BCUT2D eigenvalue weighted by molar-refractivity contribution is 0.247. The van der Waals surface area contributed by atoms with Crippen LogP contribution < -0.4 is 10.2 Å². The summed E-state index contributed by atoms with van der Waals surface area (Å²) in [6.45, 7) is 6.34. The molecule has 1 aromatic heterocycles. The molecule has 1 fully saturated rings. The number of aryl methyl sites for hydroxylation is 1. The minimum Gasteiger partial charge on any atom is -0.373 e. The van der Waals surface area contributed by atoms with Gasteiger partial charge in [0.15, 0.2) is 0 Å². The SMILES string of the molecule is CNc1nc(C)nc(N(C)C2CCCN(C)C2)c1C. The summed E-state index contributed by atoms with van der Waals surface area (Å²) in [6, 6.07) is 0.538. The molecule has 1 aromatic rings. The molecule has 2 rings (SSSR count). The molecule has 0 spiro atoms. The topological polar surface area (TPSA) is 44.3 Å². The Morgan fingerprint density at radius 2 is 2.05 bits per heavy atom. The standard InChI is InChI=1S/C14H25N5/c1-10-13(15-3)16-11(2)17-14(10)19(5)12-7-6-8-18(4)9-12/h12H,6-9H2,1-5H3,(H,15,16,17). The lowest BCUT2D eigenvalue weighted by atomic mass is 10.0. The second-order valence-corrected chi connectivity index (χ2v) is 5.49. The van der Waals surface area contributed by atoms with E-state index in [2.05, 4.69) is 46.1 Å². The third kappa shape index (κ3) is 2.97. The Morgan fingerprint density at radius 1 is 1.32 bits per heavy atom. The third-order valence-corrected chi connectivity index (χ3v) is 3.95. The van der Waals surface area contributed by atoms with Crippen molar-refractivity contribution < 1.29 is 0 Å². The number of anilines is 2. The second-order valence-electron chi connectivity index (χ2n) is 5.49. The molecule has 2 heterocycles. The molecular weight excluding hydrogens is 238 g/mol. The Balaban J connectivity index is 2.27. The lowest BCUT2D eigenvalue weighted by Crippen LogP contribution is -2.45. The minimum absolute atomic E-state index is 0.538. The summed E-state index contributed by atoms with van der Waals surface area (Å²) >= 11 is 0. The number of piperidine rings is 1. The van der Waals surface area contributed by atoms with Gasteiger partial charge in [-0.05, 0) is 40.3 Å². The van der Waals surface area contributed by atoms with Crippen LogP contribution in [0.2, 0.25) is 0 Å². The van der Waals surface area contributed by atoms with E-state index in [9.17, 15) is 0 Å². The molecule has 5 heteroatoms. The third-order valence-electron chi connectivity index (χ3n) is 3.95. The van der Waals surface area contributed by atoms with Crippen LogP contribution in [0.5, 0.6) is 0 Å². The van der Waals surface area contributed by atoms with Gasteiger partial charge in [0.2, 0.25) is 0 Å². The Kier molecular flexibility index (Phi) is 4.24. The number of likely N-dealkylation sites (tertiary alicyclic amines) is 1. The molecule has 1 aliphatic rings. The number of likely N-dealkylation sites (N-methyl/N-ethyl adjacent to an activating group) is 2. The fourth-order valence-electron chi connectivity index (χ4n) is 2.83. The monoisotopic (exact) mass is 263 g/mol. The van der Waals surface area contributed by atoms with Gasteiger partial charge in [-0.2, -0.15) is 0 Å². The highest BCUT2D eigenvalue weighted by Crippen LogP contribution is 2.26. The number of aromatic nitrogens is 2. The van der Waals surface area contributed by atoms with Crippen LogP contribution in [0.25, 0.3) is 0 Å². The average Bonchev–Trinajstić information content (AvgIpc) is 2.40. The maximum Gasteiger partial charge on any atom is 0.137 e. The van der Waals surface area contributed by atoms with Gasteiger partial charge in [-0.3, -0.25) is 0 Å². The van der Waals surface area contributed by atoms with E-state index in [0.29, 0.717) is 6.04 Å². The van der Waals surface area contributed by atoms with Gasteiger partial charge in [0.25, 0.3) is 0 Å². The molecule has 0 radical (unpaired) electrons. The van der Waals surface area contributed by atoms with Gasteiger partial charge < -0.3 is 15.1 Å². The Labute approximate surface area is 116 Å². The Morgan fingerprint density at radius 3 is 2.68 bits per heavy atom. The Hall–Kier alpha value is -1.36. The first-order valence-corrected chi connectivity index (χ1v) is 6.97. The van der Waals surface area contributed by atoms with Crippen molar-refractivity contribution in [1.29, 1.82) is 0 Å². The molecule has 106 valence electrons. The zero-order chi connectivity index (χ0) is 14.0. The first-order valence-electron chi connectivity index (χ1n) is 6.97. The van der Waals surface area contributed by atoms with E-state index in [-0.39, 0.29) is 0 Å². The Bertz CT molecular complexity index is 446. The molecule has 0 aliphatic carbocycles. The largest absolute Gasteiger partial charge is 0.373 e. The number of hydrogen-bond acceptors (Lipinski definition) is 5. The highest BCUT2D eigenvalue weighted by atomic mass is 15.3. The minimum atomic E-state index is 0.538. The molecule has 1 aliphatic heterocycles. The quantitative estimate of drug-likeness (QED) is 0.898. The van der Waals surface area contributed by atoms with Crippen molar-refractivity contribution in [3.05, 3.63) is 11.4 Å². The molecule has 0 saturated carbocycles. The second kappa shape index (κ2) is 5.74. The molecule has 1 unspecified atom stereocenters. The molecule has 19 heavy (non-hydrogen) atoms. The maximum absolute atomic E-state index is 4.64. The summed E-state index contributed by atoms with van der Waals surface area (Å²) in [6.07, 6.45) is 2.49. The van der Waals surface area contributed by atoms with Gasteiger partial charge in [0, 0.05) is 32.2 Å². The normalized spacial score (nSPS) is 20.4. The summed E-state index contributed by atoms with van der Waals surface area (Å²) in [7, 11) is 6.25. The van der Waals surface area contributed by atoms with Crippen molar-refractivity contribution >= 4 is 11.6 Å². The zero-order valence-corrected chi connectivity index (χ0v) is 12.7. The first-order chi connectivity index (χ1) is 9.02. The van der Waals surface area contributed by atoms with E-state index in [1.165, 1.54) is 19.4 Å². The van der Waals surface area contributed by atoms with E-state index in [1.807, 2.05) is 14.0 Å². The van der Waals surface area contributed by atoms with E-state index < -0.39 is 0 Å². The summed E-state index contributed by atoms with van der Waals surface area (Å²) in [5.41, 5.74) is 1.13. The number of nitrogens with zero attached hydrogens (tertiary/aromatic N) is 4. The molecular formula is C14H25N5. The smallest absolute Gasteiger partial charge is 0.137 e. The fraction of sp³-hybridized carbons (Fsp3) is 0.714. The maximum atomic E-state index is 4.64. The predicted molar refractivity (Wildman–Crippen MR) is 80.0 cm³/mol. The van der Waals surface area contributed by atoms with Crippen LogP contribution in [0, 0.1) is 13.8 Å². The van der Waals surface area contributed by atoms with Crippen LogP contribution in [0.1, 0.15) is 24.2 Å². The summed E-state index contributed by atoms with van der Waals surface area (Å²) in [5, 5.41) is 3.15. The van der Waals surface area contributed by atoms with Crippen molar-refractivity contribution in [2.75, 3.05) is 44.4 Å². The van der Waals surface area contributed by atoms with Gasteiger partial charge in [-0.25, -0.2) is 9.97 Å². The van der Waals surface area contributed by atoms with E-state index in [1.54, 1.807) is 0 Å². The fourth-order valence-corrected chi connectivity index (χ4v) is 2.83. The van der Waals surface area contributed by atoms with Crippen molar-refractivity contribution in [3.8, 4) is 0 Å². The van der Waals surface area contributed by atoms with Gasteiger partial charge in [0.05, 0.1) is 0 Å². The average molecular weight is 263 g/mol. The molecule has 1 N–H and O–H groups in total. The van der Waals surface area contributed by atoms with Gasteiger partial charge in [-0.15, -0.1) is 0 Å². The molecule has 0 bridgehead atoms. The number of hydrogen-bond donors (Lipinski definition) is 1. The van der Waals surface area contributed by atoms with Crippen molar-refractivity contribution in [2.24, 2.45) is 0 Å². The van der Waals surface area contributed by atoms with Crippen LogP contribution >= 0.6 is 0 Å². The van der Waals surface area contributed by atoms with Crippen molar-refractivity contribution in [1.82, 2.24) is 14.9 Å². The predicted octanol–water partition coefficient (Wildman–Crippen LogP) is 1.67. The van der Waals surface area contributed by atoms with Gasteiger partial charge in [0.1, 0.15) is 17.5 Å². The van der Waals surface area contributed by atoms with Crippen LogP contribution in [0.4, 0.5) is 11.6 Å². The van der Waals surface area contributed by atoms with E-state index in [4.69, 9.17) is 0 Å². The molecule has 1 atom stereocenters. The van der Waals surface area contributed by atoms with Crippen molar-refractivity contribution in [2.45, 2.75) is 32.7 Å². The van der Waals surface area contributed by atoms with Crippen LogP contribution in [0.3, 0.4) is 0 Å². The highest BCUT2D eigenvalue weighted by molar-refractivity contribution is 5.58. The van der Waals surface area contributed by atoms with Crippen molar-refractivity contribution in [3.63, 3.8) is 0 Å². The summed E-state index contributed by atoms with van der Waals surface area (Å²) in [5.74, 6) is 2.80. The summed E-state index contributed by atoms with van der Waals surface area (Å²) in [4.78, 5) is 13.8. The van der Waals surface area contributed by atoms with E-state index in [0.717, 1.165) is 29.6 Å². The van der Waals surface area contributed by atoms with Crippen LogP contribution in [-0.4, -0.2) is 55.1 Å². The highest BCUT2D eigenvalue weighted by Gasteiger charge is 2.24. The molecule has 0 amide bonds. The molecule has 1 saturated heterocycles. The zero-order valence-electron chi connectivity index (χ0n) is 12.7.